The number of halogens is 2. The average Bonchev–Trinajstić information content (AvgIpc) is 3.64. The van der Waals surface area contributed by atoms with Gasteiger partial charge in [0.25, 0.3) is 12.3 Å². The van der Waals surface area contributed by atoms with Crippen molar-refractivity contribution >= 4 is 17.2 Å². The molecule has 0 fully saturated rings. The molecule has 1 aromatic carbocycles. The first-order valence-corrected chi connectivity index (χ1v) is 12.9. The maximum Gasteiger partial charge on any atom is 0.281 e. The summed E-state index contributed by atoms with van der Waals surface area (Å²) in [6, 6.07) is 9.60. The zero-order valence-corrected chi connectivity index (χ0v) is 21.9. The van der Waals surface area contributed by atoms with Crippen molar-refractivity contribution in [2.75, 3.05) is 0 Å². The quantitative estimate of drug-likeness (QED) is 0.348. The van der Waals surface area contributed by atoms with E-state index in [-0.39, 0.29) is 23.3 Å². The van der Waals surface area contributed by atoms with Crippen LogP contribution in [0.25, 0.3) is 22.0 Å². The number of aromatic amines is 1. The molecule has 1 aliphatic rings. The summed E-state index contributed by atoms with van der Waals surface area (Å²) >= 11 is 1.12. The number of aryl methyl sites for hydroxylation is 2. The molecule has 8 nitrogen and oxygen atoms in total. The SMILES string of the molecule is CC.CC.Cc1sc(-c2cn[nH]c2C(=O)NC2CCn3nc(-c4ccccc4)nc3C2)nc1C(F)F. The van der Waals surface area contributed by atoms with Crippen molar-refractivity contribution in [1.82, 2.24) is 35.3 Å². The number of amides is 1. The van der Waals surface area contributed by atoms with Gasteiger partial charge in [0.1, 0.15) is 22.2 Å². The Kier molecular flexibility index (Phi) is 9.40. The van der Waals surface area contributed by atoms with Gasteiger partial charge in [0, 0.05) is 29.4 Å². The van der Waals surface area contributed by atoms with E-state index in [2.05, 4.69) is 30.6 Å². The van der Waals surface area contributed by atoms with Gasteiger partial charge in [-0.1, -0.05) is 58.0 Å². The number of H-pyrrole nitrogens is 1. The molecule has 4 aromatic rings. The molecule has 0 radical (unpaired) electrons. The number of alkyl halides is 2. The van der Waals surface area contributed by atoms with Gasteiger partial charge in [0.05, 0.1) is 11.8 Å². The second kappa shape index (κ2) is 12.5. The van der Waals surface area contributed by atoms with Crippen molar-refractivity contribution in [3.05, 3.63) is 58.6 Å². The summed E-state index contributed by atoms with van der Waals surface area (Å²) in [4.78, 5) is 22.0. The Morgan fingerprint density at radius 1 is 1.17 bits per heavy atom. The lowest BCUT2D eigenvalue weighted by atomic mass is 10.1. The standard InChI is InChI=1S/C21H19F2N7OS.2C2H6/c1-11-16(18(22)23)27-21(32-11)14-10-24-28-17(14)20(31)25-13-7-8-30-15(9-13)26-19(29-30)12-5-3-2-4-6-12;2*1-2/h2-6,10,13,18H,7-9H2,1H3,(H,24,28)(H,25,31);2*1-2H3. The number of carbonyl (C=O) groups is 1. The first-order valence-electron chi connectivity index (χ1n) is 12.1. The molecule has 36 heavy (non-hydrogen) atoms. The minimum absolute atomic E-state index is 0.131. The van der Waals surface area contributed by atoms with E-state index in [1.807, 2.05) is 62.7 Å². The smallest absolute Gasteiger partial charge is 0.281 e. The molecule has 2 N–H and O–H groups in total. The summed E-state index contributed by atoms with van der Waals surface area (Å²) in [7, 11) is 0. The normalized spacial score (nSPS) is 14.3. The summed E-state index contributed by atoms with van der Waals surface area (Å²) in [5.74, 6) is 1.12. The van der Waals surface area contributed by atoms with Gasteiger partial charge < -0.3 is 5.32 Å². The molecule has 192 valence electrons. The lowest BCUT2D eigenvalue weighted by Gasteiger charge is -2.23. The van der Waals surface area contributed by atoms with Gasteiger partial charge in [-0.3, -0.25) is 9.89 Å². The van der Waals surface area contributed by atoms with Crippen LogP contribution in [0, 0.1) is 6.92 Å². The molecule has 0 spiro atoms. The van der Waals surface area contributed by atoms with Crippen LogP contribution in [0.3, 0.4) is 0 Å². The van der Waals surface area contributed by atoms with Gasteiger partial charge in [-0.15, -0.1) is 11.3 Å². The summed E-state index contributed by atoms with van der Waals surface area (Å²) in [5.41, 5.74) is 1.29. The number of benzene rings is 1. The number of nitrogens with one attached hydrogen (secondary N) is 2. The van der Waals surface area contributed by atoms with Crippen LogP contribution in [0.15, 0.2) is 36.5 Å². The van der Waals surface area contributed by atoms with Crippen molar-refractivity contribution in [2.45, 2.75) is 66.5 Å². The Hall–Kier alpha value is -3.47. The highest BCUT2D eigenvalue weighted by atomic mass is 32.1. The molecule has 1 amide bonds. The van der Waals surface area contributed by atoms with Crippen LogP contribution < -0.4 is 5.32 Å². The average molecular weight is 516 g/mol. The van der Waals surface area contributed by atoms with Crippen LogP contribution in [-0.4, -0.2) is 41.9 Å². The molecule has 0 aliphatic carbocycles. The molecule has 1 aliphatic heterocycles. The topological polar surface area (TPSA) is 101 Å². The third-order valence-electron chi connectivity index (χ3n) is 5.37. The van der Waals surface area contributed by atoms with E-state index in [9.17, 15) is 13.6 Å². The van der Waals surface area contributed by atoms with Crippen molar-refractivity contribution < 1.29 is 13.6 Å². The number of aromatic nitrogens is 6. The van der Waals surface area contributed by atoms with E-state index in [1.165, 1.54) is 6.20 Å². The van der Waals surface area contributed by atoms with Crippen LogP contribution in [-0.2, 0) is 13.0 Å². The maximum atomic E-state index is 13.1. The molecule has 4 heterocycles. The number of hydrogen-bond acceptors (Lipinski definition) is 6. The first-order chi connectivity index (χ1) is 17.5. The molecule has 11 heteroatoms. The van der Waals surface area contributed by atoms with Crippen LogP contribution in [0.5, 0.6) is 0 Å². The second-order valence-electron chi connectivity index (χ2n) is 7.52. The summed E-state index contributed by atoms with van der Waals surface area (Å²) in [5, 5.41) is 14.5. The van der Waals surface area contributed by atoms with Gasteiger partial charge in [-0.2, -0.15) is 10.2 Å². The first kappa shape index (κ1) is 27.1. The van der Waals surface area contributed by atoms with Crippen molar-refractivity contribution in [3.8, 4) is 22.0 Å². The zero-order valence-electron chi connectivity index (χ0n) is 21.0. The summed E-state index contributed by atoms with van der Waals surface area (Å²) in [6.45, 7) is 10.2. The van der Waals surface area contributed by atoms with E-state index >= 15 is 0 Å². The Bertz CT molecular complexity index is 1270. The van der Waals surface area contributed by atoms with E-state index in [0.29, 0.717) is 40.7 Å². The molecule has 0 saturated heterocycles. The highest BCUT2D eigenvalue weighted by molar-refractivity contribution is 7.15. The van der Waals surface area contributed by atoms with E-state index in [4.69, 9.17) is 0 Å². The lowest BCUT2D eigenvalue weighted by molar-refractivity contribution is 0.0925. The summed E-state index contributed by atoms with van der Waals surface area (Å²) < 4.78 is 28.1. The van der Waals surface area contributed by atoms with Gasteiger partial charge in [-0.25, -0.2) is 23.4 Å². The van der Waals surface area contributed by atoms with E-state index < -0.39 is 6.43 Å². The van der Waals surface area contributed by atoms with Crippen LogP contribution in [0.1, 0.15) is 67.4 Å². The highest BCUT2D eigenvalue weighted by Crippen LogP contribution is 2.33. The Morgan fingerprint density at radius 3 is 2.56 bits per heavy atom. The van der Waals surface area contributed by atoms with E-state index in [1.54, 1.807) is 6.92 Å². The third kappa shape index (κ3) is 5.84. The molecular weight excluding hydrogens is 484 g/mol. The molecule has 5 rings (SSSR count). The molecular formula is C25H31F2N7OS. The minimum atomic E-state index is -2.66. The van der Waals surface area contributed by atoms with E-state index in [0.717, 1.165) is 22.7 Å². The van der Waals surface area contributed by atoms with Gasteiger partial charge in [0.15, 0.2) is 5.82 Å². The molecule has 3 aromatic heterocycles. The van der Waals surface area contributed by atoms with Crippen molar-refractivity contribution in [2.24, 2.45) is 0 Å². The summed E-state index contributed by atoms with van der Waals surface area (Å²) in [6.07, 6.45) is 0.0168. The lowest BCUT2D eigenvalue weighted by Crippen LogP contribution is -2.40. The Labute approximate surface area is 213 Å². The fourth-order valence-corrected chi connectivity index (χ4v) is 4.68. The largest absolute Gasteiger partial charge is 0.347 e. The molecule has 1 unspecified atom stereocenters. The number of carbonyl (C=O) groups excluding carboxylic acids is 1. The van der Waals surface area contributed by atoms with Crippen LogP contribution in [0.4, 0.5) is 8.78 Å². The maximum absolute atomic E-state index is 13.1. The Morgan fingerprint density at radius 2 is 1.89 bits per heavy atom. The number of nitrogens with zero attached hydrogens (tertiary/aromatic N) is 5. The third-order valence-corrected chi connectivity index (χ3v) is 6.39. The fourth-order valence-electron chi connectivity index (χ4n) is 3.74. The molecule has 0 saturated carbocycles. The van der Waals surface area contributed by atoms with Crippen molar-refractivity contribution in [3.63, 3.8) is 0 Å². The Balaban J connectivity index is 0.000000861. The van der Waals surface area contributed by atoms with Gasteiger partial charge in [0.2, 0.25) is 0 Å². The number of thiazole rings is 1. The van der Waals surface area contributed by atoms with Gasteiger partial charge >= 0.3 is 0 Å². The fraction of sp³-hybridized carbons (Fsp3) is 0.400. The monoisotopic (exact) mass is 515 g/mol. The predicted octanol–water partition coefficient (Wildman–Crippen LogP) is 5.83. The van der Waals surface area contributed by atoms with Crippen molar-refractivity contribution in [1.29, 1.82) is 0 Å². The van der Waals surface area contributed by atoms with Crippen LogP contribution >= 0.6 is 11.3 Å². The highest BCUT2D eigenvalue weighted by Gasteiger charge is 2.27. The second-order valence-corrected chi connectivity index (χ2v) is 8.73. The number of rotatable bonds is 5. The number of hydrogen-bond donors (Lipinski definition) is 2. The molecule has 0 bridgehead atoms. The minimum Gasteiger partial charge on any atom is -0.347 e. The number of fused-ring (bicyclic) bond motifs is 1. The molecule has 1 atom stereocenters. The predicted molar refractivity (Wildman–Crippen MR) is 137 cm³/mol. The van der Waals surface area contributed by atoms with Crippen LogP contribution in [0.2, 0.25) is 0 Å². The van der Waals surface area contributed by atoms with Gasteiger partial charge in [-0.05, 0) is 13.3 Å². The zero-order chi connectivity index (χ0) is 26.2.